The van der Waals surface area contributed by atoms with Crippen LogP contribution in [0.5, 0.6) is 5.75 Å². The first-order valence-electron chi connectivity index (χ1n) is 13.2. The maximum Gasteiger partial charge on any atom is 0.326 e. The Labute approximate surface area is 228 Å². The molecule has 4 unspecified atom stereocenters. The molecule has 1 aliphatic rings. The lowest BCUT2D eigenvalue weighted by atomic mass is 10.0. The van der Waals surface area contributed by atoms with E-state index in [4.69, 9.17) is 11.5 Å². The highest BCUT2D eigenvalue weighted by Gasteiger charge is 2.31. The lowest BCUT2D eigenvalue weighted by molar-refractivity contribution is -0.142. The van der Waals surface area contributed by atoms with Gasteiger partial charge in [-0.3, -0.25) is 19.4 Å². The van der Waals surface area contributed by atoms with Gasteiger partial charge in [-0.25, -0.2) is 4.79 Å². The molecule has 216 valence electrons. The van der Waals surface area contributed by atoms with Gasteiger partial charge in [-0.15, -0.1) is 0 Å². The standard InChI is InChI=1S/C26H41N7O6/c1-15(2)13-20(32-22(35)18-5-3-11-29-18)24(37)31-19(6-4-12-30-26(27)28)23(36)33-21(25(38)39)14-16-7-9-17(34)10-8-16/h7-10,15,18-21,29,34H,3-6,11-14H2,1-2H3,(H,31,37)(H,32,35)(H,33,36)(H,38,39)(H4,27,28,30). The van der Waals surface area contributed by atoms with Crippen LogP contribution in [-0.2, 0) is 25.6 Å². The molecule has 0 aliphatic carbocycles. The first kappa shape index (κ1) is 31.3. The number of carboxylic acid groups (broad SMARTS) is 1. The number of hydrogen-bond acceptors (Lipinski definition) is 7. The molecule has 2 rings (SSSR count). The van der Waals surface area contributed by atoms with Crippen molar-refractivity contribution in [3.63, 3.8) is 0 Å². The van der Waals surface area contributed by atoms with Gasteiger partial charge in [0.05, 0.1) is 6.04 Å². The molecule has 0 radical (unpaired) electrons. The summed E-state index contributed by atoms with van der Waals surface area (Å²) in [6.45, 7) is 4.77. The van der Waals surface area contributed by atoms with Crippen LogP contribution in [-0.4, -0.2) is 77.1 Å². The van der Waals surface area contributed by atoms with Gasteiger partial charge < -0.3 is 42.9 Å². The quantitative estimate of drug-likeness (QED) is 0.0791. The zero-order valence-electron chi connectivity index (χ0n) is 22.5. The average Bonchev–Trinajstić information content (AvgIpc) is 3.41. The number of carbonyl (C=O) groups is 4. The van der Waals surface area contributed by atoms with Crippen LogP contribution in [0.1, 0.15) is 51.5 Å². The summed E-state index contributed by atoms with van der Waals surface area (Å²) >= 11 is 0. The lowest BCUT2D eigenvalue weighted by Crippen LogP contribution is -2.57. The Morgan fingerprint density at radius 1 is 1.03 bits per heavy atom. The molecule has 4 atom stereocenters. The molecule has 0 bridgehead atoms. The van der Waals surface area contributed by atoms with Crippen molar-refractivity contribution in [1.82, 2.24) is 21.3 Å². The number of aromatic hydroxyl groups is 1. The topological polar surface area (TPSA) is 221 Å². The predicted molar refractivity (Wildman–Crippen MR) is 146 cm³/mol. The van der Waals surface area contributed by atoms with Gasteiger partial charge in [0.1, 0.15) is 23.9 Å². The summed E-state index contributed by atoms with van der Waals surface area (Å²) in [6, 6.07) is 2.35. The molecule has 39 heavy (non-hydrogen) atoms. The minimum atomic E-state index is -1.28. The number of phenols is 1. The van der Waals surface area contributed by atoms with Crippen LogP contribution in [0.25, 0.3) is 0 Å². The first-order valence-corrected chi connectivity index (χ1v) is 13.2. The zero-order chi connectivity index (χ0) is 28.9. The van der Waals surface area contributed by atoms with Crippen LogP contribution in [0.2, 0.25) is 0 Å². The smallest absolute Gasteiger partial charge is 0.326 e. The van der Waals surface area contributed by atoms with Crippen molar-refractivity contribution in [3.8, 4) is 5.75 Å². The number of guanidine groups is 1. The Bertz CT molecular complexity index is 1000. The molecule has 1 fully saturated rings. The first-order chi connectivity index (χ1) is 18.5. The third-order valence-corrected chi connectivity index (χ3v) is 6.29. The van der Waals surface area contributed by atoms with E-state index in [2.05, 4.69) is 26.3 Å². The number of rotatable bonds is 15. The number of benzene rings is 1. The fraction of sp³-hybridized carbons (Fsp3) is 0.577. The van der Waals surface area contributed by atoms with E-state index < -0.39 is 35.9 Å². The van der Waals surface area contributed by atoms with Gasteiger partial charge in [-0.2, -0.15) is 0 Å². The Hall–Kier alpha value is -3.87. The van der Waals surface area contributed by atoms with Gasteiger partial charge >= 0.3 is 5.97 Å². The molecule has 0 aromatic heterocycles. The molecule has 13 heteroatoms. The summed E-state index contributed by atoms with van der Waals surface area (Å²) in [6.07, 6.45) is 2.33. The van der Waals surface area contributed by atoms with Crippen molar-refractivity contribution in [3.05, 3.63) is 29.8 Å². The fourth-order valence-electron chi connectivity index (χ4n) is 4.27. The third kappa shape index (κ3) is 11.2. The SMILES string of the molecule is CC(C)CC(NC(=O)C1CCCN1)C(=O)NC(CCCN=C(N)N)C(=O)NC(Cc1ccc(O)cc1)C(=O)O. The highest BCUT2D eigenvalue weighted by atomic mass is 16.4. The summed E-state index contributed by atoms with van der Waals surface area (Å²) in [7, 11) is 0. The van der Waals surface area contributed by atoms with Gasteiger partial charge in [0.2, 0.25) is 17.7 Å². The van der Waals surface area contributed by atoms with Crippen molar-refractivity contribution in [2.75, 3.05) is 13.1 Å². The summed E-state index contributed by atoms with van der Waals surface area (Å²) in [5.41, 5.74) is 11.3. The normalized spacial score (nSPS) is 17.1. The number of nitrogens with two attached hydrogens (primary N) is 2. The fourth-order valence-corrected chi connectivity index (χ4v) is 4.27. The maximum absolute atomic E-state index is 13.3. The van der Waals surface area contributed by atoms with E-state index in [-0.39, 0.29) is 49.0 Å². The molecule has 1 aromatic rings. The van der Waals surface area contributed by atoms with Crippen molar-refractivity contribution >= 4 is 29.7 Å². The van der Waals surface area contributed by atoms with Crippen molar-refractivity contribution in [2.24, 2.45) is 22.4 Å². The number of amides is 3. The monoisotopic (exact) mass is 547 g/mol. The zero-order valence-corrected chi connectivity index (χ0v) is 22.5. The van der Waals surface area contributed by atoms with Crippen LogP contribution in [0.3, 0.4) is 0 Å². The molecule has 13 nitrogen and oxygen atoms in total. The van der Waals surface area contributed by atoms with Gasteiger partial charge in [-0.05, 0) is 62.3 Å². The predicted octanol–water partition coefficient (Wildman–Crippen LogP) is -0.675. The average molecular weight is 548 g/mol. The summed E-state index contributed by atoms with van der Waals surface area (Å²) in [5, 5.41) is 30.3. The second kappa shape index (κ2) is 15.5. The molecule has 1 aromatic carbocycles. The van der Waals surface area contributed by atoms with Crippen molar-refractivity contribution < 1.29 is 29.4 Å². The Balaban J connectivity index is 2.16. The van der Waals surface area contributed by atoms with E-state index in [0.717, 1.165) is 13.0 Å². The maximum atomic E-state index is 13.3. The van der Waals surface area contributed by atoms with E-state index in [1.165, 1.54) is 12.1 Å². The molecular formula is C26H41N7O6. The molecule has 0 spiro atoms. The van der Waals surface area contributed by atoms with Crippen molar-refractivity contribution in [2.45, 2.75) is 76.5 Å². The van der Waals surface area contributed by atoms with E-state index in [1.54, 1.807) is 12.1 Å². The number of carbonyl (C=O) groups excluding carboxylic acids is 3. The van der Waals surface area contributed by atoms with E-state index >= 15 is 0 Å². The van der Waals surface area contributed by atoms with Crippen molar-refractivity contribution in [1.29, 1.82) is 0 Å². The van der Waals surface area contributed by atoms with Crippen LogP contribution in [0.15, 0.2) is 29.3 Å². The minimum Gasteiger partial charge on any atom is -0.508 e. The molecule has 3 amide bonds. The second-order valence-electron chi connectivity index (χ2n) is 10.1. The minimum absolute atomic E-state index is 0.0313. The van der Waals surface area contributed by atoms with E-state index in [9.17, 15) is 29.4 Å². The third-order valence-electron chi connectivity index (χ3n) is 6.29. The summed E-state index contributed by atoms with van der Waals surface area (Å²) < 4.78 is 0. The van der Waals surface area contributed by atoms with Gasteiger partial charge in [0.15, 0.2) is 5.96 Å². The number of nitrogens with zero attached hydrogens (tertiary/aromatic N) is 1. The summed E-state index contributed by atoms with van der Waals surface area (Å²) in [4.78, 5) is 55.0. The Morgan fingerprint density at radius 2 is 1.67 bits per heavy atom. The van der Waals surface area contributed by atoms with Crippen LogP contribution < -0.4 is 32.7 Å². The number of phenolic OH excluding ortho intramolecular Hbond substituents is 1. The Kier molecular flexibility index (Phi) is 12.5. The lowest BCUT2D eigenvalue weighted by Gasteiger charge is -2.26. The molecule has 1 heterocycles. The highest BCUT2D eigenvalue weighted by molar-refractivity contribution is 5.94. The number of hydrogen-bond donors (Lipinski definition) is 8. The number of aliphatic imine (C=N–C) groups is 1. The number of nitrogens with one attached hydrogen (secondary N) is 4. The molecule has 0 saturated carbocycles. The molecule has 1 aliphatic heterocycles. The highest BCUT2D eigenvalue weighted by Crippen LogP contribution is 2.13. The largest absolute Gasteiger partial charge is 0.508 e. The van der Waals surface area contributed by atoms with E-state index in [1.807, 2.05) is 13.8 Å². The molecule has 10 N–H and O–H groups in total. The van der Waals surface area contributed by atoms with Gasteiger partial charge in [0.25, 0.3) is 0 Å². The van der Waals surface area contributed by atoms with Crippen LogP contribution >= 0.6 is 0 Å². The van der Waals surface area contributed by atoms with Gasteiger partial charge in [0, 0.05) is 13.0 Å². The molecule has 1 saturated heterocycles. The van der Waals surface area contributed by atoms with Gasteiger partial charge in [-0.1, -0.05) is 26.0 Å². The summed E-state index contributed by atoms with van der Waals surface area (Å²) in [5.74, 6) is -2.76. The molecular weight excluding hydrogens is 506 g/mol. The number of carboxylic acids is 1. The van der Waals surface area contributed by atoms with Crippen LogP contribution in [0, 0.1) is 5.92 Å². The van der Waals surface area contributed by atoms with E-state index in [0.29, 0.717) is 24.8 Å². The Morgan fingerprint density at radius 3 is 2.23 bits per heavy atom. The van der Waals surface area contributed by atoms with Crippen LogP contribution in [0.4, 0.5) is 0 Å². The number of aliphatic carboxylic acids is 1. The second-order valence-corrected chi connectivity index (χ2v) is 10.1.